The Morgan fingerprint density at radius 1 is 1.33 bits per heavy atom. The fourth-order valence-electron chi connectivity index (χ4n) is 1.77. The predicted molar refractivity (Wildman–Crippen MR) is 81.8 cm³/mol. The Morgan fingerprint density at radius 2 is 2.00 bits per heavy atom. The lowest BCUT2D eigenvalue weighted by Crippen LogP contribution is -2.40. The average Bonchev–Trinajstić information content (AvgIpc) is 2.78. The highest BCUT2D eigenvalue weighted by atomic mass is 32.1. The third-order valence-corrected chi connectivity index (χ3v) is 3.82. The SMILES string of the molecule is CCCC(NC(=O)c1cc(C)sc1NC(=O)CC)C(=O)O. The fourth-order valence-corrected chi connectivity index (χ4v) is 2.70. The third kappa shape index (κ3) is 4.86. The van der Waals surface area contributed by atoms with Gasteiger partial charge in [-0.2, -0.15) is 0 Å². The van der Waals surface area contributed by atoms with Gasteiger partial charge >= 0.3 is 5.97 Å². The summed E-state index contributed by atoms with van der Waals surface area (Å²) in [5.74, 6) is -1.72. The number of carbonyl (C=O) groups is 3. The molecule has 3 N–H and O–H groups in total. The van der Waals surface area contributed by atoms with Crippen molar-refractivity contribution in [1.82, 2.24) is 5.32 Å². The lowest BCUT2D eigenvalue weighted by Gasteiger charge is -2.13. The molecule has 0 spiro atoms. The summed E-state index contributed by atoms with van der Waals surface area (Å²) in [5, 5.41) is 14.7. The number of aliphatic carboxylic acids is 1. The molecule has 1 atom stereocenters. The summed E-state index contributed by atoms with van der Waals surface area (Å²) in [6.45, 7) is 5.39. The van der Waals surface area contributed by atoms with Crippen molar-refractivity contribution in [3.8, 4) is 0 Å². The number of anilines is 1. The predicted octanol–water partition coefficient (Wildman–Crippen LogP) is 2.39. The summed E-state index contributed by atoms with van der Waals surface area (Å²) in [6, 6.07) is 0.730. The van der Waals surface area contributed by atoms with E-state index in [1.165, 1.54) is 11.3 Å². The molecule has 1 heterocycles. The quantitative estimate of drug-likeness (QED) is 0.720. The number of rotatable bonds is 7. The summed E-state index contributed by atoms with van der Waals surface area (Å²) < 4.78 is 0. The van der Waals surface area contributed by atoms with E-state index < -0.39 is 17.9 Å². The Balaban J connectivity index is 2.91. The summed E-state index contributed by atoms with van der Waals surface area (Å²) in [4.78, 5) is 35.6. The first-order valence-electron chi connectivity index (χ1n) is 6.82. The molecule has 0 fully saturated rings. The van der Waals surface area contributed by atoms with Crippen LogP contribution in [0.3, 0.4) is 0 Å². The standard InChI is InChI=1S/C14H20N2O4S/c1-4-6-10(14(19)20)15-12(18)9-7-8(3)21-13(9)16-11(17)5-2/h7,10H,4-6H2,1-3H3,(H,15,18)(H,16,17)(H,19,20). The van der Waals surface area contributed by atoms with Gasteiger partial charge in [0.05, 0.1) is 5.56 Å². The van der Waals surface area contributed by atoms with Crippen LogP contribution in [0, 0.1) is 6.92 Å². The number of thiophene rings is 1. The van der Waals surface area contributed by atoms with Crippen LogP contribution >= 0.6 is 11.3 Å². The zero-order chi connectivity index (χ0) is 16.0. The molecule has 1 rings (SSSR count). The first kappa shape index (κ1) is 17.2. The molecule has 0 bridgehead atoms. The van der Waals surface area contributed by atoms with E-state index in [9.17, 15) is 14.4 Å². The highest BCUT2D eigenvalue weighted by Gasteiger charge is 2.23. The first-order chi connectivity index (χ1) is 9.88. The molecule has 0 aromatic carbocycles. The van der Waals surface area contributed by atoms with Crippen LogP contribution in [0.1, 0.15) is 48.3 Å². The minimum Gasteiger partial charge on any atom is -0.480 e. The molecule has 0 aliphatic carbocycles. The van der Waals surface area contributed by atoms with Crippen molar-refractivity contribution in [3.63, 3.8) is 0 Å². The average molecular weight is 312 g/mol. The maximum Gasteiger partial charge on any atom is 0.326 e. The van der Waals surface area contributed by atoms with Gasteiger partial charge in [0.15, 0.2) is 0 Å². The molecule has 0 aliphatic heterocycles. The van der Waals surface area contributed by atoms with Crippen LogP contribution in [0.25, 0.3) is 0 Å². The Kier molecular flexibility index (Phi) is 6.36. The van der Waals surface area contributed by atoms with Gasteiger partial charge in [0.2, 0.25) is 5.91 Å². The van der Waals surface area contributed by atoms with E-state index in [1.54, 1.807) is 13.0 Å². The molecule has 1 aromatic heterocycles. The fraction of sp³-hybridized carbons (Fsp3) is 0.500. The number of hydrogen-bond acceptors (Lipinski definition) is 4. The van der Waals surface area contributed by atoms with Crippen LogP contribution in [0.5, 0.6) is 0 Å². The molecule has 0 radical (unpaired) electrons. The summed E-state index contributed by atoms with van der Waals surface area (Å²) in [5.41, 5.74) is 0.307. The highest BCUT2D eigenvalue weighted by molar-refractivity contribution is 7.16. The normalized spacial score (nSPS) is 11.8. The van der Waals surface area contributed by atoms with Crippen molar-refractivity contribution in [1.29, 1.82) is 0 Å². The van der Waals surface area contributed by atoms with Gasteiger partial charge in [0.1, 0.15) is 11.0 Å². The Labute approximate surface area is 127 Å². The number of carboxylic acids is 1. The number of hydrogen-bond donors (Lipinski definition) is 3. The molecular formula is C14H20N2O4S. The van der Waals surface area contributed by atoms with Gasteiger partial charge in [-0.15, -0.1) is 11.3 Å². The molecule has 6 nitrogen and oxygen atoms in total. The number of carboxylic acid groups (broad SMARTS) is 1. The van der Waals surface area contributed by atoms with Gasteiger partial charge in [-0.1, -0.05) is 20.3 Å². The molecule has 0 saturated carbocycles. The van der Waals surface area contributed by atoms with E-state index in [2.05, 4.69) is 10.6 Å². The van der Waals surface area contributed by atoms with E-state index in [-0.39, 0.29) is 5.91 Å². The molecule has 0 aliphatic rings. The minimum absolute atomic E-state index is 0.186. The van der Waals surface area contributed by atoms with Crippen LogP contribution in [-0.4, -0.2) is 28.9 Å². The van der Waals surface area contributed by atoms with Crippen molar-refractivity contribution >= 4 is 34.1 Å². The van der Waals surface area contributed by atoms with E-state index in [0.29, 0.717) is 29.8 Å². The summed E-state index contributed by atoms with van der Waals surface area (Å²) >= 11 is 1.30. The van der Waals surface area contributed by atoms with E-state index in [1.807, 2.05) is 13.8 Å². The number of aryl methyl sites for hydroxylation is 1. The molecule has 21 heavy (non-hydrogen) atoms. The lowest BCUT2D eigenvalue weighted by atomic mass is 10.1. The number of nitrogens with one attached hydrogen (secondary N) is 2. The second kappa shape index (κ2) is 7.78. The summed E-state index contributed by atoms with van der Waals surface area (Å²) in [7, 11) is 0. The summed E-state index contributed by atoms with van der Waals surface area (Å²) in [6.07, 6.45) is 1.33. The molecule has 1 unspecified atom stereocenters. The van der Waals surface area contributed by atoms with E-state index in [4.69, 9.17) is 5.11 Å². The van der Waals surface area contributed by atoms with E-state index >= 15 is 0 Å². The van der Waals surface area contributed by atoms with Gasteiger partial charge in [-0.05, 0) is 19.4 Å². The zero-order valence-electron chi connectivity index (χ0n) is 12.4. The van der Waals surface area contributed by atoms with Gasteiger partial charge in [0.25, 0.3) is 5.91 Å². The van der Waals surface area contributed by atoms with Crippen LogP contribution in [-0.2, 0) is 9.59 Å². The number of carbonyl (C=O) groups excluding carboxylic acids is 2. The van der Waals surface area contributed by atoms with Crippen molar-refractivity contribution in [2.75, 3.05) is 5.32 Å². The van der Waals surface area contributed by atoms with E-state index in [0.717, 1.165) is 4.88 Å². The number of amides is 2. The lowest BCUT2D eigenvalue weighted by molar-refractivity contribution is -0.139. The highest BCUT2D eigenvalue weighted by Crippen LogP contribution is 2.27. The Morgan fingerprint density at radius 3 is 2.52 bits per heavy atom. The second-order valence-corrected chi connectivity index (χ2v) is 5.91. The van der Waals surface area contributed by atoms with Crippen molar-refractivity contribution in [2.45, 2.75) is 46.1 Å². The van der Waals surface area contributed by atoms with Gasteiger partial charge in [0, 0.05) is 11.3 Å². The maximum absolute atomic E-state index is 12.2. The monoisotopic (exact) mass is 312 g/mol. The molecule has 7 heteroatoms. The first-order valence-corrected chi connectivity index (χ1v) is 7.64. The van der Waals surface area contributed by atoms with Crippen LogP contribution in [0.2, 0.25) is 0 Å². The second-order valence-electron chi connectivity index (χ2n) is 4.65. The largest absolute Gasteiger partial charge is 0.480 e. The molecule has 2 amide bonds. The third-order valence-electron chi connectivity index (χ3n) is 2.85. The molecular weight excluding hydrogens is 292 g/mol. The molecule has 0 saturated heterocycles. The molecule has 116 valence electrons. The van der Waals surface area contributed by atoms with Crippen LogP contribution in [0.4, 0.5) is 5.00 Å². The zero-order valence-corrected chi connectivity index (χ0v) is 13.2. The van der Waals surface area contributed by atoms with Crippen LogP contribution < -0.4 is 10.6 Å². The smallest absolute Gasteiger partial charge is 0.326 e. The Hall–Kier alpha value is -1.89. The van der Waals surface area contributed by atoms with Gasteiger partial charge in [-0.25, -0.2) is 4.79 Å². The Bertz CT molecular complexity index is 539. The minimum atomic E-state index is -1.06. The van der Waals surface area contributed by atoms with Gasteiger partial charge < -0.3 is 15.7 Å². The van der Waals surface area contributed by atoms with Crippen LogP contribution in [0.15, 0.2) is 6.07 Å². The van der Waals surface area contributed by atoms with Crippen molar-refractivity contribution < 1.29 is 19.5 Å². The topological polar surface area (TPSA) is 95.5 Å². The molecule has 1 aromatic rings. The van der Waals surface area contributed by atoms with Crippen molar-refractivity contribution in [3.05, 3.63) is 16.5 Å². The van der Waals surface area contributed by atoms with Crippen molar-refractivity contribution in [2.24, 2.45) is 0 Å². The maximum atomic E-state index is 12.2. The van der Waals surface area contributed by atoms with Gasteiger partial charge in [-0.3, -0.25) is 9.59 Å².